The molecule has 0 unspecified atom stereocenters. The van der Waals surface area contributed by atoms with Crippen molar-refractivity contribution < 1.29 is 4.79 Å². The van der Waals surface area contributed by atoms with Crippen LogP contribution in [0.1, 0.15) is 57.9 Å². The Morgan fingerprint density at radius 1 is 1.16 bits per heavy atom. The molecule has 2 fully saturated rings. The van der Waals surface area contributed by atoms with E-state index in [1.54, 1.807) is 0 Å². The van der Waals surface area contributed by atoms with Gasteiger partial charge in [-0.1, -0.05) is 25.5 Å². The molecule has 1 aromatic rings. The van der Waals surface area contributed by atoms with Crippen molar-refractivity contribution in [2.24, 2.45) is 16.8 Å². The number of likely N-dealkylation sites (tertiary alicyclic amines) is 1. The van der Waals surface area contributed by atoms with E-state index in [1.807, 2.05) is 18.2 Å². The molecule has 1 aliphatic heterocycles. The van der Waals surface area contributed by atoms with Crippen LogP contribution in [0.3, 0.4) is 0 Å². The number of carbonyl (C=O) groups excluding carboxylic acids is 1. The van der Waals surface area contributed by atoms with E-state index in [4.69, 9.17) is 4.99 Å². The zero-order valence-corrected chi connectivity index (χ0v) is 21.5. The molecule has 2 aliphatic rings. The Morgan fingerprint density at radius 2 is 1.94 bits per heavy atom. The molecule has 0 aromatic heterocycles. The molecular weight excluding hydrogens is 501 g/mol. The molecule has 1 heterocycles. The Bertz CT molecular complexity index is 699. The fourth-order valence-electron chi connectivity index (χ4n) is 3.97. The normalized spacial score (nSPS) is 18.1. The highest BCUT2D eigenvalue weighted by molar-refractivity contribution is 14.0. The number of anilines is 1. The topological polar surface area (TPSA) is 68.8 Å². The number of piperidine rings is 1. The minimum Gasteiger partial charge on any atom is -0.357 e. The van der Waals surface area contributed by atoms with Crippen LogP contribution in [-0.4, -0.2) is 49.5 Å². The molecule has 1 aliphatic carbocycles. The number of nitrogens with one attached hydrogen (secondary N) is 3. The average Bonchev–Trinajstić information content (AvgIpc) is 2.69. The predicted molar refractivity (Wildman–Crippen MR) is 140 cm³/mol. The number of benzene rings is 1. The monoisotopic (exact) mass is 541 g/mol. The fourth-order valence-corrected chi connectivity index (χ4v) is 3.97. The summed E-state index contributed by atoms with van der Waals surface area (Å²) in [7, 11) is 0. The van der Waals surface area contributed by atoms with E-state index in [2.05, 4.69) is 40.8 Å². The minimum absolute atomic E-state index is 0. The largest absolute Gasteiger partial charge is 0.357 e. The van der Waals surface area contributed by atoms with Crippen LogP contribution in [0.4, 0.5) is 5.69 Å². The first-order chi connectivity index (χ1) is 14.6. The molecule has 7 heteroatoms. The quantitative estimate of drug-likeness (QED) is 0.190. The van der Waals surface area contributed by atoms with Gasteiger partial charge >= 0.3 is 0 Å². The maximum Gasteiger partial charge on any atom is 0.227 e. The average molecular weight is 542 g/mol. The van der Waals surface area contributed by atoms with Crippen molar-refractivity contribution in [3.63, 3.8) is 0 Å². The number of rotatable bonds is 9. The van der Waals surface area contributed by atoms with E-state index < -0.39 is 0 Å². The number of nitrogens with zero attached hydrogens (tertiary/aromatic N) is 2. The van der Waals surface area contributed by atoms with Crippen LogP contribution < -0.4 is 16.0 Å². The molecule has 3 N–H and O–H groups in total. The number of amides is 1. The molecule has 0 radical (unpaired) electrons. The second-order valence-electron chi connectivity index (χ2n) is 8.82. The molecule has 1 saturated carbocycles. The van der Waals surface area contributed by atoms with Crippen LogP contribution >= 0.6 is 24.0 Å². The van der Waals surface area contributed by atoms with Gasteiger partial charge in [-0.3, -0.25) is 4.79 Å². The predicted octanol–water partition coefficient (Wildman–Crippen LogP) is 4.22. The van der Waals surface area contributed by atoms with Crippen molar-refractivity contribution in [1.82, 2.24) is 15.5 Å². The summed E-state index contributed by atoms with van der Waals surface area (Å²) in [6.45, 7) is 10.4. The number of carbonyl (C=O) groups is 1. The van der Waals surface area contributed by atoms with E-state index in [9.17, 15) is 4.79 Å². The van der Waals surface area contributed by atoms with Crippen molar-refractivity contribution >= 4 is 41.5 Å². The summed E-state index contributed by atoms with van der Waals surface area (Å²) in [6, 6.07) is 8.03. The summed E-state index contributed by atoms with van der Waals surface area (Å²) in [4.78, 5) is 19.5. The number of hydrogen-bond donors (Lipinski definition) is 3. The third-order valence-electron chi connectivity index (χ3n) is 6.25. The number of halogens is 1. The van der Waals surface area contributed by atoms with Crippen LogP contribution in [0.15, 0.2) is 29.3 Å². The molecule has 1 saturated heterocycles. The van der Waals surface area contributed by atoms with Crippen molar-refractivity contribution in [1.29, 1.82) is 0 Å². The van der Waals surface area contributed by atoms with Crippen molar-refractivity contribution in [2.75, 3.05) is 38.0 Å². The van der Waals surface area contributed by atoms with E-state index in [1.165, 1.54) is 32.4 Å². The van der Waals surface area contributed by atoms with Gasteiger partial charge in [0.2, 0.25) is 5.91 Å². The highest BCUT2D eigenvalue weighted by Gasteiger charge is 2.25. The molecule has 0 atom stereocenters. The first kappa shape index (κ1) is 25.9. The number of guanidine groups is 1. The van der Waals surface area contributed by atoms with Gasteiger partial charge in [-0.05, 0) is 82.3 Å². The van der Waals surface area contributed by atoms with Crippen LogP contribution in [0.25, 0.3) is 0 Å². The second-order valence-corrected chi connectivity index (χ2v) is 8.82. The Labute approximate surface area is 205 Å². The lowest BCUT2D eigenvalue weighted by atomic mass is 9.85. The SMILES string of the molecule is CCNC(=NCc1cccc(NC(=O)C2CCC2)c1)NCCCN1CCC(C)CC1.I. The summed E-state index contributed by atoms with van der Waals surface area (Å²) in [6.07, 6.45) is 7.00. The Morgan fingerprint density at radius 3 is 2.61 bits per heavy atom. The number of hydrogen-bond acceptors (Lipinski definition) is 3. The standard InChI is InChI=1S/C24H39N5O.HI/c1-3-25-24(26-13-6-14-29-15-11-19(2)12-16-29)27-18-20-7-4-10-22(17-20)28-23(30)21-8-5-9-21;/h4,7,10,17,19,21H,3,5-6,8-9,11-16,18H2,1-2H3,(H,28,30)(H2,25,26,27);1H. The Balaban J connectivity index is 0.00000341. The van der Waals surface area contributed by atoms with Crippen LogP contribution in [-0.2, 0) is 11.3 Å². The van der Waals surface area contributed by atoms with Gasteiger partial charge in [-0.25, -0.2) is 4.99 Å². The van der Waals surface area contributed by atoms with Crippen molar-refractivity contribution in [3.8, 4) is 0 Å². The molecule has 3 rings (SSSR count). The summed E-state index contributed by atoms with van der Waals surface area (Å²) in [5.41, 5.74) is 1.97. The van der Waals surface area contributed by atoms with Gasteiger partial charge in [0.25, 0.3) is 0 Å². The maximum atomic E-state index is 12.2. The molecule has 0 spiro atoms. The van der Waals surface area contributed by atoms with Gasteiger partial charge in [-0.2, -0.15) is 0 Å². The zero-order chi connectivity index (χ0) is 21.2. The maximum absolute atomic E-state index is 12.2. The Kier molecular flexibility index (Phi) is 11.6. The lowest BCUT2D eigenvalue weighted by molar-refractivity contribution is -0.122. The first-order valence-corrected chi connectivity index (χ1v) is 11.8. The highest BCUT2D eigenvalue weighted by Crippen LogP contribution is 2.27. The van der Waals surface area contributed by atoms with E-state index in [-0.39, 0.29) is 35.8 Å². The third-order valence-corrected chi connectivity index (χ3v) is 6.25. The lowest BCUT2D eigenvalue weighted by Crippen LogP contribution is -2.39. The van der Waals surface area contributed by atoms with Gasteiger partial charge in [0.15, 0.2) is 5.96 Å². The van der Waals surface area contributed by atoms with Gasteiger partial charge < -0.3 is 20.9 Å². The zero-order valence-electron chi connectivity index (χ0n) is 19.2. The van der Waals surface area contributed by atoms with E-state index >= 15 is 0 Å². The van der Waals surface area contributed by atoms with Gasteiger partial charge in [0.1, 0.15) is 0 Å². The number of aliphatic imine (C=N–C) groups is 1. The third kappa shape index (κ3) is 8.96. The first-order valence-electron chi connectivity index (χ1n) is 11.8. The minimum atomic E-state index is 0. The molecule has 174 valence electrons. The van der Waals surface area contributed by atoms with Crippen molar-refractivity contribution in [3.05, 3.63) is 29.8 Å². The molecule has 6 nitrogen and oxygen atoms in total. The molecular formula is C24H40IN5O. The summed E-state index contributed by atoms with van der Waals surface area (Å²) in [5, 5.41) is 9.84. The Hall–Kier alpha value is -1.35. The fraction of sp³-hybridized carbons (Fsp3) is 0.667. The smallest absolute Gasteiger partial charge is 0.227 e. The van der Waals surface area contributed by atoms with E-state index in [0.717, 1.165) is 62.0 Å². The van der Waals surface area contributed by atoms with Crippen LogP contribution in [0.5, 0.6) is 0 Å². The lowest BCUT2D eigenvalue weighted by Gasteiger charge is -2.30. The van der Waals surface area contributed by atoms with Gasteiger partial charge in [0.05, 0.1) is 6.54 Å². The molecule has 31 heavy (non-hydrogen) atoms. The highest BCUT2D eigenvalue weighted by atomic mass is 127. The molecule has 1 amide bonds. The summed E-state index contributed by atoms with van der Waals surface area (Å²) < 4.78 is 0. The second kappa shape index (κ2) is 13.9. The van der Waals surface area contributed by atoms with Gasteiger partial charge in [-0.15, -0.1) is 24.0 Å². The molecule has 1 aromatic carbocycles. The molecule has 0 bridgehead atoms. The van der Waals surface area contributed by atoms with E-state index in [0.29, 0.717) is 6.54 Å². The summed E-state index contributed by atoms with van der Waals surface area (Å²) >= 11 is 0. The van der Waals surface area contributed by atoms with Crippen molar-refractivity contribution in [2.45, 2.75) is 58.9 Å². The summed E-state index contributed by atoms with van der Waals surface area (Å²) in [5.74, 6) is 2.09. The van der Waals surface area contributed by atoms with Crippen LogP contribution in [0, 0.1) is 11.8 Å². The van der Waals surface area contributed by atoms with Crippen LogP contribution in [0.2, 0.25) is 0 Å². The van der Waals surface area contributed by atoms with Gasteiger partial charge in [0, 0.05) is 24.7 Å².